The quantitative estimate of drug-likeness (QED) is 0.601. The first-order chi connectivity index (χ1) is 9.95. The summed E-state index contributed by atoms with van der Waals surface area (Å²) in [5, 5.41) is 12.4. The summed E-state index contributed by atoms with van der Waals surface area (Å²) < 4.78 is 4.80. The zero-order valence-corrected chi connectivity index (χ0v) is 13.0. The highest BCUT2D eigenvalue weighted by molar-refractivity contribution is 5.87. The van der Waals surface area contributed by atoms with Crippen molar-refractivity contribution in [1.29, 1.82) is 0 Å². The predicted octanol–water partition coefficient (Wildman–Crippen LogP) is 0.713. The summed E-state index contributed by atoms with van der Waals surface area (Å²) >= 11 is 0. The average Bonchev–Trinajstić information content (AvgIpc) is 2.47. The maximum atomic E-state index is 11.9. The number of esters is 1. The highest BCUT2D eigenvalue weighted by Gasteiger charge is 2.28. The van der Waals surface area contributed by atoms with Crippen LogP contribution < -0.4 is 11.1 Å². The first-order valence-electron chi connectivity index (χ1n) is 7.86. The summed E-state index contributed by atoms with van der Waals surface area (Å²) in [6, 6.07) is -1.38. The van der Waals surface area contributed by atoms with Gasteiger partial charge in [0, 0.05) is 6.04 Å². The molecule has 0 aromatic heterocycles. The van der Waals surface area contributed by atoms with Crippen molar-refractivity contribution in [2.24, 2.45) is 11.7 Å². The van der Waals surface area contributed by atoms with Crippen LogP contribution >= 0.6 is 0 Å². The molecule has 1 aliphatic carbocycles. The molecule has 1 fully saturated rings. The van der Waals surface area contributed by atoms with E-state index in [2.05, 4.69) is 5.32 Å². The van der Waals surface area contributed by atoms with E-state index in [-0.39, 0.29) is 6.61 Å². The third-order valence-electron chi connectivity index (χ3n) is 4.00. The lowest BCUT2D eigenvalue weighted by Crippen LogP contribution is -2.51. The molecule has 1 aliphatic rings. The number of amides is 1. The Morgan fingerprint density at radius 3 is 2.52 bits per heavy atom. The van der Waals surface area contributed by atoms with E-state index in [4.69, 9.17) is 10.5 Å². The SMILES string of the molecule is CCOC(=O)[C@@H](C)NC(=O)C(O)[C@H](N)CC1CCCCC1. The van der Waals surface area contributed by atoms with Gasteiger partial charge in [-0.05, 0) is 26.2 Å². The van der Waals surface area contributed by atoms with Gasteiger partial charge < -0.3 is 20.9 Å². The number of nitrogens with one attached hydrogen (secondary N) is 1. The van der Waals surface area contributed by atoms with E-state index in [1.54, 1.807) is 6.92 Å². The van der Waals surface area contributed by atoms with Gasteiger partial charge in [-0.1, -0.05) is 32.1 Å². The van der Waals surface area contributed by atoms with Gasteiger partial charge in [-0.2, -0.15) is 0 Å². The second-order valence-electron chi connectivity index (χ2n) is 5.83. The molecule has 0 bridgehead atoms. The molecular formula is C15H28N2O4. The van der Waals surface area contributed by atoms with E-state index in [9.17, 15) is 14.7 Å². The first kappa shape index (κ1) is 17.9. The molecule has 1 saturated carbocycles. The minimum atomic E-state index is -1.29. The second kappa shape index (κ2) is 9.00. The molecule has 0 aliphatic heterocycles. The summed E-state index contributed by atoms with van der Waals surface area (Å²) in [5.41, 5.74) is 5.93. The van der Waals surface area contributed by atoms with Crippen LogP contribution in [-0.4, -0.2) is 41.8 Å². The fourth-order valence-corrected chi connectivity index (χ4v) is 2.76. The minimum Gasteiger partial charge on any atom is -0.464 e. The molecule has 0 aromatic rings. The molecule has 0 radical (unpaired) electrons. The third-order valence-corrected chi connectivity index (χ3v) is 4.00. The van der Waals surface area contributed by atoms with Crippen LogP contribution in [0, 0.1) is 5.92 Å². The van der Waals surface area contributed by atoms with Crippen LogP contribution in [0.1, 0.15) is 52.4 Å². The molecule has 6 nitrogen and oxygen atoms in total. The number of ether oxygens (including phenoxy) is 1. The molecule has 122 valence electrons. The third kappa shape index (κ3) is 6.01. The predicted molar refractivity (Wildman–Crippen MR) is 79.4 cm³/mol. The van der Waals surface area contributed by atoms with Crippen LogP contribution in [0.3, 0.4) is 0 Å². The Morgan fingerprint density at radius 2 is 1.95 bits per heavy atom. The normalized spacial score (nSPS) is 20.4. The number of nitrogens with two attached hydrogens (primary N) is 1. The van der Waals surface area contributed by atoms with Gasteiger partial charge in [0.25, 0.3) is 5.91 Å². The maximum Gasteiger partial charge on any atom is 0.328 e. The number of rotatable bonds is 7. The molecule has 3 atom stereocenters. The number of carbonyl (C=O) groups excluding carboxylic acids is 2. The maximum absolute atomic E-state index is 11.9. The highest BCUT2D eigenvalue weighted by atomic mass is 16.5. The van der Waals surface area contributed by atoms with E-state index < -0.39 is 30.1 Å². The molecule has 0 spiro atoms. The van der Waals surface area contributed by atoms with Crippen LogP contribution in [0.15, 0.2) is 0 Å². The van der Waals surface area contributed by atoms with Crippen LogP contribution in [0.2, 0.25) is 0 Å². The Kier molecular flexibility index (Phi) is 7.67. The largest absolute Gasteiger partial charge is 0.464 e. The molecule has 1 rings (SSSR count). The molecule has 4 N–H and O–H groups in total. The standard InChI is InChI=1S/C15H28N2O4/c1-3-21-15(20)10(2)17-14(19)13(18)12(16)9-11-7-5-4-6-8-11/h10-13,18H,3-9,16H2,1-2H3,(H,17,19)/t10-,12-,13?/m1/s1. The molecule has 6 heteroatoms. The van der Waals surface area contributed by atoms with E-state index in [1.165, 1.54) is 26.2 Å². The Morgan fingerprint density at radius 1 is 1.33 bits per heavy atom. The molecule has 21 heavy (non-hydrogen) atoms. The van der Waals surface area contributed by atoms with Gasteiger partial charge in [-0.15, -0.1) is 0 Å². The topological polar surface area (TPSA) is 102 Å². The second-order valence-corrected chi connectivity index (χ2v) is 5.83. The first-order valence-corrected chi connectivity index (χ1v) is 7.86. The molecule has 1 amide bonds. The van der Waals surface area contributed by atoms with Gasteiger partial charge >= 0.3 is 5.97 Å². The smallest absolute Gasteiger partial charge is 0.328 e. The van der Waals surface area contributed by atoms with Crippen molar-refractivity contribution in [2.75, 3.05) is 6.61 Å². The Labute approximate surface area is 126 Å². The molecular weight excluding hydrogens is 272 g/mol. The fraction of sp³-hybridized carbons (Fsp3) is 0.867. The van der Waals surface area contributed by atoms with Gasteiger partial charge in [0.2, 0.25) is 0 Å². The highest BCUT2D eigenvalue weighted by Crippen LogP contribution is 2.27. The minimum absolute atomic E-state index is 0.253. The number of hydrogen-bond acceptors (Lipinski definition) is 5. The van der Waals surface area contributed by atoms with E-state index in [0.29, 0.717) is 12.3 Å². The summed E-state index contributed by atoms with van der Waals surface area (Å²) in [4.78, 5) is 23.3. The van der Waals surface area contributed by atoms with E-state index >= 15 is 0 Å². The lowest BCUT2D eigenvalue weighted by atomic mass is 9.84. The fourth-order valence-electron chi connectivity index (χ4n) is 2.76. The number of aliphatic hydroxyl groups excluding tert-OH is 1. The number of aliphatic hydroxyl groups is 1. The zero-order valence-electron chi connectivity index (χ0n) is 13.0. The Hall–Kier alpha value is -1.14. The number of carbonyl (C=O) groups is 2. The van der Waals surface area contributed by atoms with E-state index in [1.807, 2.05) is 0 Å². The van der Waals surface area contributed by atoms with E-state index in [0.717, 1.165) is 12.8 Å². The van der Waals surface area contributed by atoms with Crippen molar-refractivity contribution in [1.82, 2.24) is 5.32 Å². The number of hydrogen-bond donors (Lipinski definition) is 3. The Balaban J connectivity index is 2.39. The summed E-state index contributed by atoms with van der Waals surface area (Å²) in [6.07, 6.45) is 5.22. The van der Waals surface area contributed by atoms with Crippen LogP contribution in [0.25, 0.3) is 0 Å². The van der Waals surface area contributed by atoms with Gasteiger partial charge in [0.05, 0.1) is 6.61 Å². The molecule has 0 aromatic carbocycles. The van der Waals surface area contributed by atoms with Crippen molar-refractivity contribution >= 4 is 11.9 Å². The van der Waals surface area contributed by atoms with Crippen molar-refractivity contribution < 1.29 is 19.4 Å². The monoisotopic (exact) mass is 300 g/mol. The Bertz CT molecular complexity index is 343. The van der Waals surface area contributed by atoms with Crippen LogP contribution in [-0.2, 0) is 14.3 Å². The lowest BCUT2D eigenvalue weighted by molar-refractivity contribution is -0.148. The van der Waals surface area contributed by atoms with Crippen LogP contribution in [0.4, 0.5) is 0 Å². The van der Waals surface area contributed by atoms with Gasteiger partial charge in [-0.25, -0.2) is 4.79 Å². The lowest BCUT2D eigenvalue weighted by Gasteiger charge is -2.27. The van der Waals surface area contributed by atoms with Gasteiger partial charge in [-0.3, -0.25) is 4.79 Å². The van der Waals surface area contributed by atoms with Crippen LogP contribution in [0.5, 0.6) is 0 Å². The van der Waals surface area contributed by atoms with Gasteiger partial charge in [0.15, 0.2) is 0 Å². The van der Waals surface area contributed by atoms with Crippen molar-refractivity contribution in [3.63, 3.8) is 0 Å². The van der Waals surface area contributed by atoms with Gasteiger partial charge in [0.1, 0.15) is 12.1 Å². The molecule has 0 heterocycles. The van der Waals surface area contributed by atoms with Crippen molar-refractivity contribution in [2.45, 2.75) is 70.6 Å². The summed E-state index contributed by atoms with van der Waals surface area (Å²) in [7, 11) is 0. The van der Waals surface area contributed by atoms with Crippen molar-refractivity contribution in [3.05, 3.63) is 0 Å². The summed E-state index contributed by atoms with van der Waals surface area (Å²) in [5.74, 6) is -0.642. The zero-order chi connectivity index (χ0) is 15.8. The molecule has 1 unspecified atom stereocenters. The molecule has 0 saturated heterocycles. The summed E-state index contributed by atoms with van der Waals surface area (Å²) in [6.45, 7) is 3.47. The average molecular weight is 300 g/mol. The van der Waals surface area contributed by atoms with Crippen molar-refractivity contribution in [3.8, 4) is 0 Å².